The van der Waals surface area contributed by atoms with Gasteiger partial charge in [-0.3, -0.25) is 4.79 Å². The van der Waals surface area contributed by atoms with Crippen LogP contribution in [0.4, 0.5) is 0 Å². The maximum Gasteiger partial charge on any atom is 0.305 e. The van der Waals surface area contributed by atoms with Gasteiger partial charge in [0.05, 0.1) is 19.3 Å². The lowest BCUT2D eigenvalue weighted by Gasteiger charge is -2.02. The Morgan fingerprint density at radius 1 is 0.957 bits per heavy atom. The van der Waals surface area contributed by atoms with Crippen molar-refractivity contribution in [2.24, 2.45) is 11.8 Å². The van der Waals surface area contributed by atoms with Crippen LogP contribution >= 0.6 is 0 Å². The van der Waals surface area contributed by atoms with Crippen LogP contribution in [0, 0.1) is 11.8 Å². The van der Waals surface area contributed by atoms with Gasteiger partial charge in [-0.15, -0.1) is 0 Å². The van der Waals surface area contributed by atoms with Crippen molar-refractivity contribution in [3.05, 3.63) is 0 Å². The Kier molecular flexibility index (Phi) is 8.43. The second kappa shape index (κ2) is 10.3. The lowest BCUT2D eigenvalue weighted by Crippen LogP contribution is -1.99. The molecule has 0 aromatic carbocycles. The molecule has 2 aliphatic rings. The summed E-state index contributed by atoms with van der Waals surface area (Å²) in [6.07, 6.45) is 17.4. The van der Waals surface area contributed by atoms with E-state index in [1.54, 1.807) is 0 Å². The predicted molar refractivity (Wildman–Crippen MR) is 93.4 cm³/mol. The fourth-order valence-corrected chi connectivity index (χ4v) is 3.80. The first-order valence-electron chi connectivity index (χ1n) is 9.96. The number of carbonyl (C=O) groups excluding carboxylic acids is 1. The van der Waals surface area contributed by atoms with Gasteiger partial charge in [0.15, 0.2) is 0 Å². The number of methoxy groups -OCH3 is 1. The van der Waals surface area contributed by atoms with Crippen LogP contribution in [0.5, 0.6) is 0 Å². The summed E-state index contributed by atoms with van der Waals surface area (Å²) < 4.78 is 10.5. The molecule has 0 aromatic heterocycles. The topological polar surface area (TPSA) is 38.8 Å². The van der Waals surface area contributed by atoms with Crippen molar-refractivity contribution >= 4 is 5.97 Å². The lowest BCUT2D eigenvalue weighted by molar-refractivity contribution is -0.140. The zero-order valence-corrected chi connectivity index (χ0v) is 15.2. The number of unbranched alkanes of at least 4 members (excludes halogenated alkanes) is 6. The second-order valence-electron chi connectivity index (χ2n) is 7.58. The molecular formula is C20H36O3. The van der Waals surface area contributed by atoms with E-state index in [0.717, 1.165) is 18.3 Å². The predicted octanol–water partition coefficient (Wildman–Crippen LogP) is 5.26. The Hall–Kier alpha value is -0.570. The Bertz CT molecular complexity index is 342. The largest absolute Gasteiger partial charge is 0.469 e. The molecule has 2 fully saturated rings. The standard InChI is InChI=1S/C20H36O3/c1-3-4-8-12-18-19(23-18)15-17-14-16(17)11-9-6-5-7-10-13-20(21)22-2/h16-19H,3-15H2,1-2H3. The maximum absolute atomic E-state index is 11.0. The summed E-state index contributed by atoms with van der Waals surface area (Å²) in [5.41, 5.74) is 0. The van der Waals surface area contributed by atoms with Crippen LogP contribution in [0.3, 0.4) is 0 Å². The summed E-state index contributed by atoms with van der Waals surface area (Å²) >= 11 is 0. The normalized spacial score (nSPS) is 28.6. The van der Waals surface area contributed by atoms with Gasteiger partial charge >= 0.3 is 5.97 Å². The summed E-state index contributed by atoms with van der Waals surface area (Å²) in [5, 5.41) is 0. The van der Waals surface area contributed by atoms with Gasteiger partial charge in [0.1, 0.15) is 0 Å². The van der Waals surface area contributed by atoms with E-state index < -0.39 is 0 Å². The zero-order chi connectivity index (χ0) is 16.5. The quantitative estimate of drug-likeness (QED) is 0.248. The highest BCUT2D eigenvalue weighted by Crippen LogP contribution is 2.49. The zero-order valence-electron chi connectivity index (χ0n) is 15.2. The molecule has 1 aliphatic carbocycles. The van der Waals surface area contributed by atoms with Crippen LogP contribution in [0.25, 0.3) is 0 Å². The van der Waals surface area contributed by atoms with E-state index in [9.17, 15) is 4.79 Å². The molecule has 1 saturated heterocycles. The Morgan fingerprint density at radius 2 is 1.70 bits per heavy atom. The Labute approximate surface area is 142 Å². The molecule has 3 nitrogen and oxygen atoms in total. The van der Waals surface area contributed by atoms with Crippen LogP contribution in [0.15, 0.2) is 0 Å². The third-order valence-corrected chi connectivity index (χ3v) is 5.57. The van der Waals surface area contributed by atoms with Gasteiger partial charge in [0.25, 0.3) is 0 Å². The first-order chi connectivity index (χ1) is 11.2. The highest BCUT2D eigenvalue weighted by Gasteiger charge is 2.45. The van der Waals surface area contributed by atoms with Gasteiger partial charge in [-0.1, -0.05) is 58.3 Å². The van der Waals surface area contributed by atoms with Crippen molar-refractivity contribution in [1.82, 2.24) is 0 Å². The van der Waals surface area contributed by atoms with Gasteiger partial charge in [-0.2, -0.15) is 0 Å². The number of hydrogen-bond acceptors (Lipinski definition) is 3. The van der Waals surface area contributed by atoms with Crippen molar-refractivity contribution < 1.29 is 14.3 Å². The number of hydrogen-bond donors (Lipinski definition) is 0. The van der Waals surface area contributed by atoms with Gasteiger partial charge in [-0.05, 0) is 37.5 Å². The van der Waals surface area contributed by atoms with Crippen molar-refractivity contribution in [3.63, 3.8) is 0 Å². The van der Waals surface area contributed by atoms with Gasteiger partial charge < -0.3 is 9.47 Å². The van der Waals surface area contributed by atoms with Crippen LogP contribution in [-0.4, -0.2) is 25.3 Å². The fraction of sp³-hybridized carbons (Fsp3) is 0.950. The molecule has 0 radical (unpaired) electrons. The number of carbonyl (C=O) groups is 1. The molecule has 1 heterocycles. The first kappa shape index (κ1) is 18.8. The number of rotatable bonds is 14. The summed E-state index contributed by atoms with van der Waals surface area (Å²) in [6, 6.07) is 0. The number of epoxide rings is 1. The highest BCUT2D eigenvalue weighted by molar-refractivity contribution is 5.68. The molecule has 0 amide bonds. The van der Waals surface area contributed by atoms with Gasteiger partial charge in [-0.25, -0.2) is 0 Å². The Morgan fingerprint density at radius 3 is 2.48 bits per heavy atom. The molecular weight excluding hydrogens is 288 g/mol. The molecule has 4 unspecified atom stereocenters. The van der Waals surface area contributed by atoms with Crippen molar-refractivity contribution in [2.75, 3.05) is 7.11 Å². The first-order valence-corrected chi connectivity index (χ1v) is 9.96. The summed E-state index contributed by atoms with van der Waals surface area (Å²) in [4.78, 5) is 11.0. The lowest BCUT2D eigenvalue weighted by atomic mass is 10.0. The van der Waals surface area contributed by atoms with E-state index in [-0.39, 0.29) is 5.97 Å². The average molecular weight is 325 g/mol. The highest BCUT2D eigenvalue weighted by atomic mass is 16.6. The van der Waals surface area contributed by atoms with Crippen LogP contribution in [0.1, 0.15) is 90.4 Å². The second-order valence-corrected chi connectivity index (χ2v) is 7.58. The average Bonchev–Trinajstić information content (AvgIpc) is 3.46. The minimum atomic E-state index is -0.0684. The van der Waals surface area contributed by atoms with E-state index in [2.05, 4.69) is 11.7 Å². The van der Waals surface area contributed by atoms with E-state index in [1.807, 2.05) is 0 Å². The van der Waals surface area contributed by atoms with E-state index >= 15 is 0 Å². The van der Waals surface area contributed by atoms with Gasteiger partial charge in [0.2, 0.25) is 0 Å². The molecule has 2 rings (SSSR count). The summed E-state index contributed by atoms with van der Waals surface area (Å²) in [7, 11) is 1.47. The van der Waals surface area contributed by atoms with E-state index in [0.29, 0.717) is 18.6 Å². The van der Waals surface area contributed by atoms with Crippen LogP contribution in [-0.2, 0) is 14.3 Å². The smallest absolute Gasteiger partial charge is 0.305 e. The van der Waals surface area contributed by atoms with Gasteiger partial charge in [0, 0.05) is 6.42 Å². The molecule has 0 spiro atoms. The molecule has 3 heteroatoms. The monoisotopic (exact) mass is 324 g/mol. The van der Waals surface area contributed by atoms with Crippen LogP contribution in [0.2, 0.25) is 0 Å². The number of ether oxygens (including phenoxy) is 2. The third kappa shape index (κ3) is 7.69. The Balaban J connectivity index is 1.35. The maximum atomic E-state index is 11.0. The van der Waals surface area contributed by atoms with Crippen LogP contribution < -0.4 is 0 Å². The molecule has 134 valence electrons. The van der Waals surface area contributed by atoms with E-state index in [4.69, 9.17) is 4.74 Å². The SMILES string of the molecule is CCCCCC1OC1CC1CC1CCCCCCCC(=O)OC. The number of esters is 1. The fourth-order valence-electron chi connectivity index (χ4n) is 3.80. The molecule has 0 N–H and O–H groups in total. The van der Waals surface area contributed by atoms with Crippen molar-refractivity contribution in [2.45, 2.75) is 103 Å². The molecule has 23 heavy (non-hydrogen) atoms. The molecule has 1 aliphatic heterocycles. The molecule has 4 atom stereocenters. The third-order valence-electron chi connectivity index (χ3n) is 5.57. The summed E-state index contributed by atoms with van der Waals surface area (Å²) in [5.74, 6) is 1.89. The molecule has 0 bridgehead atoms. The minimum Gasteiger partial charge on any atom is -0.469 e. The molecule has 1 saturated carbocycles. The summed E-state index contributed by atoms with van der Waals surface area (Å²) in [6.45, 7) is 2.26. The molecule has 0 aromatic rings. The minimum absolute atomic E-state index is 0.0684. The van der Waals surface area contributed by atoms with Crippen molar-refractivity contribution in [1.29, 1.82) is 0 Å². The van der Waals surface area contributed by atoms with Crippen molar-refractivity contribution in [3.8, 4) is 0 Å². The van der Waals surface area contributed by atoms with E-state index in [1.165, 1.54) is 77.7 Å².